The summed E-state index contributed by atoms with van der Waals surface area (Å²) in [5.41, 5.74) is 1.01. The first-order valence-electron chi connectivity index (χ1n) is 5.68. The van der Waals surface area contributed by atoms with Gasteiger partial charge in [-0.15, -0.1) is 0 Å². The molecule has 1 unspecified atom stereocenters. The Labute approximate surface area is 111 Å². The minimum absolute atomic E-state index is 0.194. The highest BCUT2D eigenvalue weighted by atomic mass is 35.5. The predicted octanol–water partition coefficient (Wildman–Crippen LogP) is 2.79. The number of aliphatic hydroxyl groups is 1. The van der Waals surface area contributed by atoms with E-state index in [1.54, 1.807) is 6.07 Å². The highest BCUT2D eigenvalue weighted by Gasteiger charge is 2.23. The van der Waals surface area contributed by atoms with Crippen LogP contribution in [0.3, 0.4) is 0 Å². The molecular weight excluding hydrogens is 261 g/mol. The standard InChI is InChI=1S/C12H15Cl2NO2/c13-8-6-9-11(15-3-1-4-16)2-5-17-12(9)10(14)7-8/h6-7,11,15-16H,1-5H2. The van der Waals surface area contributed by atoms with Crippen molar-refractivity contribution in [1.82, 2.24) is 5.32 Å². The summed E-state index contributed by atoms with van der Waals surface area (Å²) in [6, 6.07) is 3.78. The molecule has 1 atom stereocenters. The minimum atomic E-state index is 0.194. The molecule has 5 heteroatoms. The Morgan fingerprint density at radius 3 is 3.00 bits per heavy atom. The van der Waals surface area contributed by atoms with Crippen molar-refractivity contribution in [2.24, 2.45) is 0 Å². The summed E-state index contributed by atoms with van der Waals surface area (Å²) >= 11 is 12.1. The monoisotopic (exact) mass is 275 g/mol. The van der Waals surface area contributed by atoms with Gasteiger partial charge in [0.15, 0.2) is 0 Å². The summed E-state index contributed by atoms with van der Waals surface area (Å²) in [6.07, 6.45) is 1.62. The molecular formula is C12H15Cl2NO2. The summed E-state index contributed by atoms with van der Waals surface area (Å²) in [6.45, 7) is 1.61. The Bertz CT molecular complexity index is 398. The zero-order valence-electron chi connectivity index (χ0n) is 9.38. The topological polar surface area (TPSA) is 41.5 Å². The normalized spacial score (nSPS) is 18.6. The van der Waals surface area contributed by atoms with Crippen molar-refractivity contribution < 1.29 is 9.84 Å². The van der Waals surface area contributed by atoms with E-state index in [1.165, 1.54) is 0 Å². The lowest BCUT2D eigenvalue weighted by atomic mass is 10.0. The molecule has 0 aliphatic carbocycles. The van der Waals surface area contributed by atoms with Crippen LogP contribution in [0.2, 0.25) is 10.0 Å². The molecule has 1 heterocycles. The molecule has 0 amide bonds. The Kier molecular flexibility index (Phi) is 4.51. The van der Waals surface area contributed by atoms with E-state index in [-0.39, 0.29) is 12.6 Å². The molecule has 2 N–H and O–H groups in total. The van der Waals surface area contributed by atoms with Crippen LogP contribution < -0.4 is 10.1 Å². The number of aliphatic hydroxyl groups excluding tert-OH is 1. The molecule has 1 aliphatic rings. The van der Waals surface area contributed by atoms with Crippen LogP contribution in [0.25, 0.3) is 0 Å². The van der Waals surface area contributed by atoms with Crippen molar-refractivity contribution >= 4 is 23.2 Å². The lowest BCUT2D eigenvalue weighted by molar-refractivity contribution is 0.245. The molecule has 0 saturated carbocycles. The SMILES string of the molecule is OCCCNC1CCOc2c(Cl)cc(Cl)cc21. The van der Waals surface area contributed by atoms with E-state index in [0.717, 1.165) is 30.7 Å². The molecule has 0 aromatic heterocycles. The molecule has 2 rings (SSSR count). The second-order valence-electron chi connectivity index (χ2n) is 4.03. The maximum atomic E-state index is 8.77. The van der Waals surface area contributed by atoms with Gasteiger partial charge >= 0.3 is 0 Å². The second kappa shape index (κ2) is 5.91. The number of halogens is 2. The Balaban J connectivity index is 2.18. The van der Waals surface area contributed by atoms with Crippen LogP contribution in [0.15, 0.2) is 12.1 Å². The van der Waals surface area contributed by atoms with Crippen molar-refractivity contribution in [3.05, 3.63) is 27.7 Å². The highest BCUT2D eigenvalue weighted by Crippen LogP contribution is 2.39. The zero-order valence-corrected chi connectivity index (χ0v) is 10.9. The van der Waals surface area contributed by atoms with Crippen LogP contribution in [0, 0.1) is 0 Å². The second-order valence-corrected chi connectivity index (χ2v) is 4.87. The Hall–Kier alpha value is -0.480. The van der Waals surface area contributed by atoms with Crippen LogP contribution in [0.5, 0.6) is 5.75 Å². The van der Waals surface area contributed by atoms with Crippen LogP contribution >= 0.6 is 23.2 Å². The summed E-state index contributed by atoms with van der Waals surface area (Å²) < 4.78 is 5.57. The van der Waals surface area contributed by atoms with Gasteiger partial charge in [-0.05, 0) is 25.1 Å². The third-order valence-electron chi connectivity index (χ3n) is 2.79. The largest absolute Gasteiger partial charge is 0.492 e. The van der Waals surface area contributed by atoms with Gasteiger partial charge in [-0.2, -0.15) is 0 Å². The molecule has 1 aromatic carbocycles. The van der Waals surface area contributed by atoms with Crippen molar-refractivity contribution in [2.75, 3.05) is 19.8 Å². The zero-order chi connectivity index (χ0) is 12.3. The predicted molar refractivity (Wildman–Crippen MR) is 69.0 cm³/mol. The van der Waals surface area contributed by atoms with Crippen LogP contribution in [-0.4, -0.2) is 24.9 Å². The van der Waals surface area contributed by atoms with E-state index < -0.39 is 0 Å². The van der Waals surface area contributed by atoms with Crippen molar-refractivity contribution in [3.63, 3.8) is 0 Å². The van der Waals surface area contributed by atoms with Crippen LogP contribution in [-0.2, 0) is 0 Å². The molecule has 3 nitrogen and oxygen atoms in total. The number of fused-ring (bicyclic) bond motifs is 1. The molecule has 0 bridgehead atoms. The van der Waals surface area contributed by atoms with E-state index in [0.29, 0.717) is 16.7 Å². The number of hydrogen-bond acceptors (Lipinski definition) is 3. The van der Waals surface area contributed by atoms with Gasteiger partial charge < -0.3 is 15.2 Å². The number of hydrogen-bond donors (Lipinski definition) is 2. The summed E-state index contributed by atoms with van der Waals surface area (Å²) in [5, 5.41) is 13.3. The van der Waals surface area contributed by atoms with E-state index >= 15 is 0 Å². The third kappa shape index (κ3) is 3.05. The number of rotatable bonds is 4. The summed E-state index contributed by atoms with van der Waals surface area (Å²) in [4.78, 5) is 0. The van der Waals surface area contributed by atoms with Crippen molar-refractivity contribution in [2.45, 2.75) is 18.9 Å². The first-order chi connectivity index (χ1) is 8.22. The van der Waals surface area contributed by atoms with Crippen molar-refractivity contribution in [1.29, 1.82) is 0 Å². The smallest absolute Gasteiger partial charge is 0.142 e. The summed E-state index contributed by atoms with van der Waals surface area (Å²) in [5.74, 6) is 0.726. The van der Waals surface area contributed by atoms with E-state index in [1.807, 2.05) is 6.07 Å². The van der Waals surface area contributed by atoms with Gasteiger partial charge in [-0.3, -0.25) is 0 Å². The minimum Gasteiger partial charge on any atom is -0.492 e. The number of nitrogens with one attached hydrogen (secondary N) is 1. The van der Waals surface area contributed by atoms with Crippen molar-refractivity contribution in [3.8, 4) is 5.75 Å². The fourth-order valence-electron chi connectivity index (χ4n) is 1.99. The van der Waals surface area contributed by atoms with Crippen LogP contribution in [0.4, 0.5) is 0 Å². The first-order valence-corrected chi connectivity index (χ1v) is 6.44. The van der Waals surface area contributed by atoms with Gasteiger partial charge in [0.2, 0.25) is 0 Å². The molecule has 0 fully saturated rings. The molecule has 0 radical (unpaired) electrons. The fourth-order valence-corrected chi connectivity index (χ4v) is 2.56. The highest BCUT2D eigenvalue weighted by molar-refractivity contribution is 6.35. The first kappa shape index (κ1) is 13.0. The molecule has 1 aliphatic heterocycles. The van der Waals surface area contributed by atoms with E-state index in [2.05, 4.69) is 5.32 Å². The average molecular weight is 276 g/mol. The van der Waals surface area contributed by atoms with Gasteiger partial charge in [0.05, 0.1) is 11.6 Å². The van der Waals surface area contributed by atoms with Gasteiger partial charge in [-0.1, -0.05) is 23.2 Å². The molecule has 94 valence electrons. The summed E-state index contributed by atoms with van der Waals surface area (Å²) in [7, 11) is 0. The van der Waals surface area contributed by atoms with E-state index in [9.17, 15) is 0 Å². The third-order valence-corrected chi connectivity index (χ3v) is 3.29. The number of benzene rings is 1. The fraction of sp³-hybridized carbons (Fsp3) is 0.500. The van der Waals surface area contributed by atoms with Gasteiger partial charge in [0.25, 0.3) is 0 Å². The maximum Gasteiger partial charge on any atom is 0.142 e. The van der Waals surface area contributed by atoms with Gasteiger partial charge in [0.1, 0.15) is 5.75 Å². The number of ether oxygens (including phenoxy) is 1. The Morgan fingerprint density at radius 2 is 2.24 bits per heavy atom. The van der Waals surface area contributed by atoms with Gasteiger partial charge in [0, 0.05) is 29.7 Å². The van der Waals surface area contributed by atoms with E-state index in [4.69, 9.17) is 33.0 Å². The molecule has 1 aromatic rings. The maximum absolute atomic E-state index is 8.77. The Morgan fingerprint density at radius 1 is 1.41 bits per heavy atom. The lowest BCUT2D eigenvalue weighted by Crippen LogP contribution is -2.28. The van der Waals surface area contributed by atoms with Crippen LogP contribution in [0.1, 0.15) is 24.4 Å². The quantitative estimate of drug-likeness (QED) is 0.831. The van der Waals surface area contributed by atoms with Gasteiger partial charge in [-0.25, -0.2) is 0 Å². The molecule has 17 heavy (non-hydrogen) atoms. The lowest BCUT2D eigenvalue weighted by Gasteiger charge is -2.27. The average Bonchev–Trinajstić information content (AvgIpc) is 2.30. The molecule has 0 spiro atoms. The molecule has 0 saturated heterocycles.